The van der Waals surface area contributed by atoms with Crippen LogP contribution in [-0.2, 0) is 4.79 Å². The van der Waals surface area contributed by atoms with E-state index in [4.69, 9.17) is 5.11 Å². The molecule has 0 aromatic carbocycles. The minimum absolute atomic E-state index is 0.176. The molecule has 0 aliphatic heterocycles. The number of carboxylic acid groups (broad SMARTS) is 1. The molecule has 0 bridgehead atoms. The molecule has 0 saturated heterocycles. The first-order chi connectivity index (χ1) is 13.7. The van der Waals surface area contributed by atoms with Crippen molar-refractivity contribution in [2.45, 2.75) is 141 Å². The molecule has 1 atom stereocenters. The van der Waals surface area contributed by atoms with Gasteiger partial charge in [0.2, 0.25) is 0 Å². The van der Waals surface area contributed by atoms with Gasteiger partial charge in [0, 0.05) is 6.08 Å². The molecule has 28 heavy (non-hydrogen) atoms. The van der Waals surface area contributed by atoms with Crippen molar-refractivity contribution in [2.24, 2.45) is 0 Å². The van der Waals surface area contributed by atoms with Gasteiger partial charge in [-0.3, -0.25) is 0 Å². The molecule has 0 aliphatic carbocycles. The van der Waals surface area contributed by atoms with Crippen molar-refractivity contribution in [1.82, 2.24) is 0 Å². The van der Waals surface area contributed by atoms with Gasteiger partial charge >= 0.3 is 5.97 Å². The Morgan fingerprint density at radius 3 is 1.50 bits per heavy atom. The Kier molecular flexibility index (Phi) is 21.8. The fraction of sp³-hybridized carbons (Fsp3) is 0.880. The van der Waals surface area contributed by atoms with E-state index in [0.717, 1.165) is 38.5 Å². The zero-order valence-corrected chi connectivity index (χ0v) is 18.7. The highest BCUT2D eigenvalue weighted by Crippen LogP contribution is 2.15. The third-order valence-corrected chi connectivity index (χ3v) is 5.56. The molecule has 3 heteroatoms. The molecule has 0 aliphatic rings. The highest BCUT2D eigenvalue weighted by molar-refractivity contribution is 5.79. The average Bonchev–Trinajstić information content (AvgIpc) is 2.67. The molecular weight excluding hydrogens is 348 g/mol. The van der Waals surface area contributed by atoms with Gasteiger partial charge in [0.05, 0.1) is 6.10 Å². The van der Waals surface area contributed by atoms with Gasteiger partial charge in [0.1, 0.15) is 0 Å². The summed E-state index contributed by atoms with van der Waals surface area (Å²) in [5.41, 5.74) is 0. The molecule has 0 saturated carbocycles. The Hall–Kier alpha value is -0.830. The number of rotatable bonds is 22. The van der Waals surface area contributed by atoms with Crippen LogP contribution in [0.25, 0.3) is 0 Å². The number of aliphatic hydroxyl groups is 1. The lowest BCUT2D eigenvalue weighted by Crippen LogP contribution is -2.05. The van der Waals surface area contributed by atoms with Crippen LogP contribution in [0.15, 0.2) is 12.2 Å². The third kappa shape index (κ3) is 23.2. The lowest BCUT2D eigenvalue weighted by Gasteiger charge is -2.09. The van der Waals surface area contributed by atoms with E-state index in [1.54, 1.807) is 6.08 Å². The van der Waals surface area contributed by atoms with E-state index in [9.17, 15) is 9.90 Å². The standard InChI is InChI=1S/C25H48O3/c1-2-3-4-5-6-7-8-9-10-11-12-13-14-15-18-21-24(26)22-19-16-17-20-23-25(27)28/h20,23-24,26H,2-19,21-22H2,1H3,(H,27,28). The van der Waals surface area contributed by atoms with Crippen LogP contribution in [-0.4, -0.2) is 22.3 Å². The molecule has 0 aromatic heterocycles. The first kappa shape index (κ1) is 27.2. The molecule has 166 valence electrons. The Labute approximate surface area is 175 Å². The average molecular weight is 397 g/mol. The van der Waals surface area contributed by atoms with E-state index in [0.29, 0.717) is 0 Å². The molecule has 0 fully saturated rings. The van der Waals surface area contributed by atoms with Crippen molar-refractivity contribution in [1.29, 1.82) is 0 Å². The molecule has 0 amide bonds. The van der Waals surface area contributed by atoms with Gasteiger partial charge in [-0.05, 0) is 25.7 Å². The number of hydrogen-bond acceptors (Lipinski definition) is 2. The predicted octanol–water partition coefficient (Wildman–Crippen LogP) is 7.81. The van der Waals surface area contributed by atoms with Crippen LogP contribution in [0.2, 0.25) is 0 Å². The number of carbonyl (C=O) groups is 1. The molecule has 3 nitrogen and oxygen atoms in total. The first-order valence-corrected chi connectivity index (χ1v) is 12.2. The second-order valence-electron chi connectivity index (χ2n) is 8.42. The molecular formula is C25H48O3. The van der Waals surface area contributed by atoms with E-state index < -0.39 is 5.97 Å². The van der Waals surface area contributed by atoms with Crippen LogP contribution in [0.1, 0.15) is 135 Å². The summed E-state index contributed by atoms with van der Waals surface area (Å²) in [5, 5.41) is 18.5. The zero-order chi connectivity index (χ0) is 20.7. The van der Waals surface area contributed by atoms with Crippen molar-refractivity contribution in [3.8, 4) is 0 Å². The van der Waals surface area contributed by atoms with Crippen molar-refractivity contribution < 1.29 is 15.0 Å². The number of unbranched alkanes of at least 4 members (excludes halogenated alkanes) is 16. The maximum absolute atomic E-state index is 10.3. The summed E-state index contributed by atoms with van der Waals surface area (Å²) in [4.78, 5) is 10.3. The lowest BCUT2D eigenvalue weighted by atomic mass is 10.0. The summed E-state index contributed by atoms with van der Waals surface area (Å²) in [6.07, 6.45) is 27.8. The van der Waals surface area contributed by atoms with Crippen LogP contribution in [0.5, 0.6) is 0 Å². The maximum atomic E-state index is 10.3. The van der Waals surface area contributed by atoms with Crippen molar-refractivity contribution in [3.63, 3.8) is 0 Å². The highest BCUT2D eigenvalue weighted by Gasteiger charge is 2.03. The minimum atomic E-state index is -0.881. The number of allylic oxidation sites excluding steroid dienone is 1. The largest absolute Gasteiger partial charge is 0.478 e. The molecule has 0 aromatic rings. The maximum Gasteiger partial charge on any atom is 0.327 e. The second-order valence-corrected chi connectivity index (χ2v) is 8.42. The van der Waals surface area contributed by atoms with E-state index in [1.807, 2.05) is 0 Å². The number of hydrogen-bond donors (Lipinski definition) is 2. The lowest BCUT2D eigenvalue weighted by molar-refractivity contribution is -0.131. The fourth-order valence-corrected chi connectivity index (χ4v) is 3.72. The molecule has 2 N–H and O–H groups in total. The molecule has 0 rings (SSSR count). The number of aliphatic hydroxyl groups excluding tert-OH is 1. The van der Waals surface area contributed by atoms with Gasteiger partial charge in [-0.15, -0.1) is 0 Å². The van der Waals surface area contributed by atoms with Gasteiger partial charge in [-0.2, -0.15) is 0 Å². The van der Waals surface area contributed by atoms with Gasteiger partial charge in [0.15, 0.2) is 0 Å². The number of aliphatic carboxylic acids is 1. The van der Waals surface area contributed by atoms with Crippen molar-refractivity contribution in [2.75, 3.05) is 0 Å². The second kappa shape index (κ2) is 22.5. The van der Waals surface area contributed by atoms with Gasteiger partial charge < -0.3 is 10.2 Å². The Balaban J connectivity index is 3.17. The molecule has 1 unspecified atom stereocenters. The SMILES string of the molecule is CCCCCCCCCCCCCCCCCC(O)CCCCC=CC(=O)O. The van der Waals surface area contributed by atoms with Gasteiger partial charge in [-0.25, -0.2) is 4.79 Å². The van der Waals surface area contributed by atoms with Gasteiger partial charge in [0.25, 0.3) is 0 Å². The first-order valence-electron chi connectivity index (χ1n) is 12.2. The highest BCUT2D eigenvalue weighted by atomic mass is 16.4. The smallest absolute Gasteiger partial charge is 0.327 e. The summed E-state index contributed by atoms with van der Waals surface area (Å²) in [6, 6.07) is 0. The van der Waals surface area contributed by atoms with Crippen molar-refractivity contribution >= 4 is 5.97 Å². The Bertz CT molecular complexity index is 352. The van der Waals surface area contributed by atoms with Crippen LogP contribution < -0.4 is 0 Å². The Morgan fingerprint density at radius 1 is 0.679 bits per heavy atom. The summed E-state index contributed by atoms with van der Waals surface area (Å²) >= 11 is 0. The molecule has 0 heterocycles. The summed E-state index contributed by atoms with van der Waals surface area (Å²) in [5.74, 6) is -0.881. The summed E-state index contributed by atoms with van der Waals surface area (Å²) in [7, 11) is 0. The van der Waals surface area contributed by atoms with Crippen LogP contribution in [0.4, 0.5) is 0 Å². The summed E-state index contributed by atoms with van der Waals surface area (Å²) < 4.78 is 0. The van der Waals surface area contributed by atoms with E-state index in [2.05, 4.69) is 6.92 Å². The predicted molar refractivity (Wildman–Crippen MR) is 121 cm³/mol. The summed E-state index contributed by atoms with van der Waals surface area (Å²) in [6.45, 7) is 2.28. The quantitative estimate of drug-likeness (QED) is 0.145. The molecule has 0 radical (unpaired) electrons. The van der Waals surface area contributed by atoms with Crippen LogP contribution in [0, 0.1) is 0 Å². The molecule has 0 spiro atoms. The van der Waals surface area contributed by atoms with E-state index >= 15 is 0 Å². The van der Waals surface area contributed by atoms with E-state index in [1.165, 1.54) is 96.0 Å². The Morgan fingerprint density at radius 2 is 1.07 bits per heavy atom. The monoisotopic (exact) mass is 396 g/mol. The van der Waals surface area contributed by atoms with Crippen LogP contribution >= 0.6 is 0 Å². The zero-order valence-electron chi connectivity index (χ0n) is 18.7. The van der Waals surface area contributed by atoms with Gasteiger partial charge in [-0.1, -0.05) is 116 Å². The number of carboxylic acids is 1. The normalized spacial score (nSPS) is 12.6. The third-order valence-electron chi connectivity index (χ3n) is 5.56. The van der Waals surface area contributed by atoms with Crippen molar-refractivity contribution in [3.05, 3.63) is 12.2 Å². The topological polar surface area (TPSA) is 57.5 Å². The van der Waals surface area contributed by atoms with Crippen LogP contribution in [0.3, 0.4) is 0 Å². The fourth-order valence-electron chi connectivity index (χ4n) is 3.72. The van der Waals surface area contributed by atoms with E-state index in [-0.39, 0.29) is 6.10 Å². The minimum Gasteiger partial charge on any atom is -0.478 e.